The van der Waals surface area contributed by atoms with Crippen LogP contribution in [0.5, 0.6) is 0 Å². The number of hydrogen-bond donors (Lipinski definition) is 2. The van der Waals surface area contributed by atoms with Crippen LogP contribution in [0.4, 0.5) is 5.69 Å². The average molecular weight is 452 g/mol. The van der Waals surface area contributed by atoms with E-state index in [0.717, 1.165) is 40.9 Å². The number of anilines is 1. The van der Waals surface area contributed by atoms with Crippen molar-refractivity contribution < 1.29 is 4.79 Å². The van der Waals surface area contributed by atoms with Crippen LogP contribution in [0.1, 0.15) is 16.7 Å². The summed E-state index contributed by atoms with van der Waals surface area (Å²) in [7, 11) is 3.82. The highest BCUT2D eigenvalue weighted by Crippen LogP contribution is 2.20. The molecule has 0 atom stereocenters. The predicted molar refractivity (Wildman–Crippen MR) is 136 cm³/mol. The molecular formula is C28H29N5O. The number of nitrogens with one attached hydrogen (secondary N) is 2. The number of likely N-dealkylation sites (N-methyl/N-ethyl adjacent to an activating group) is 1. The lowest BCUT2D eigenvalue weighted by molar-refractivity contribution is -0.115. The number of nitriles is 1. The lowest BCUT2D eigenvalue weighted by Crippen LogP contribution is -2.14. The Kier molecular flexibility index (Phi) is 9.15. The standard InChI is InChI=1S/C18H17N3O.C10H12N2/c1-21-13-16(12-19-21)15-7-9-17(10-8-15)20-18(22)11-14-5-3-2-4-6-14;1-12-7-6-9-2-4-10(8-11)5-3-9/h2-10,12-13H,11H2,1H3,(H,20,22);2-5,12H,6-7H2,1H3. The molecule has 0 saturated carbocycles. The van der Waals surface area contributed by atoms with Crippen LogP contribution in [0.2, 0.25) is 0 Å². The van der Waals surface area contributed by atoms with Gasteiger partial charge in [-0.3, -0.25) is 9.48 Å². The molecule has 0 aliphatic heterocycles. The largest absolute Gasteiger partial charge is 0.326 e. The van der Waals surface area contributed by atoms with E-state index in [9.17, 15) is 4.79 Å². The predicted octanol–water partition coefficient (Wildman–Crippen LogP) is 4.59. The molecule has 0 aliphatic carbocycles. The second kappa shape index (κ2) is 12.7. The lowest BCUT2D eigenvalue weighted by atomic mass is 10.1. The van der Waals surface area contributed by atoms with Gasteiger partial charge < -0.3 is 10.6 Å². The SMILES string of the molecule is CNCCc1ccc(C#N)cc1.Cn1cc(-c2ccc(NC(=O)Cc3ccccc3)cc2)cn1. The molecule has 172 valence electrons. The van der Waals surface area contributed by atoms with E-state index >= 15 is 0 Å². The topological polar surface area (TPSA) is 82.7 Å². The van der Waals surface area contributed by atoms with Crippen molar-refractivity contribution in [3.8, 4) is 17.2 Å². The molecule has 0 fully saturated rings. The molecule has 0 spiro atoms. The summed E-state index contributed by atoms with van der Waals surface area (Å²) in [6.45, 7) is 0.978. The summed E-state index contributed by atoms with van der Waals surface area (Å²) in [5.41, 5.74) is 5.94. The van der Waals surface area contributed by atoms with Crippen molar-refractivity contribution in [3.05, 3.63) is 108 Å². The van der Waals surface area contributed by atoms with Gasteiger partial charge in [-0.05, 0) is 61.0 Å². The minimum absolute atomic E-state index is 0.0136. The number of aromatic nitrogens is 2. The molecule has 0 aliphatic rings. The monoisotopic (exact) mass is 451 g/mol. The van der Waals surface area contributed by atoms with E-state index in [2.05, 4.69) is 21.8 Å². The Bertz CT molecular complexity index is 1210. The van der Waals surface area contributed by atoms with Gasteiger partial charge in [0.1, 0.15) is 0 Å². The van der Waals surface area contributed by atoms with Gasteiger partial charge in [0.05, 0.1) is 24.3 Å². The third kappa shape index (κ3) is 7.73. The summed E-state index contributed by atoms with van der Waals surface area (Å²) in [4.78, 5) is 12.0. The summed E-state index contributed by atoms with van der Waals surface area (Å²) < 4.78 is 1.77. The van der Waals surface area contributed by atoms with Gasteiger partial charge in [0, 0.05) is 24.5 Å². The molecule has 1 aromatic heterocycles. The maximum Gasteiger partial charge on any atom is 0.228 e. The molecule has 1 amide bonds. The normalized spacial score (nSPS) is 10.0. The Morgan fingerprint density at radius 1 is 0.941 bits per heavy atom. The highest BCUT2D eigenvalue weighted by Gasteiger charge is 2.05. The smallest absolute Gasteiger partial charge is 0.228 e. The summed E-state index contributed by atoms with van der Waals surface area (Å²) in [5.74, 6) is -0.0136. The molecule has 1 heterocycles. The summed E-state index contributed by atoms with van der Waals surface area (Å²) in [5, 5.41) is 18.7. The second-order valence-corrected chi connectivity index (χ2v) is 7.85. The minimum atomic E-state index is -0.0136. The van der Waals surface area contributed by atoms with Crippen LogP contribution < -0.4 is 10.6 Å². The molecule has 0 bridgehead atoms. The van der Waals surface area contributed by atoms with Crippen LogP contribution in [0.25, 0.3) is 11.1 Å². The summed E-state index contributed by atoms with van der Waals surface area (Å²) in [6.07, 6.45) is 5.18. The fourth-order valence-electron chi connectivity index (χ4n) is 3.32. The number of hydrogen-bond acceptors (Lipinski definition) is 4. The first-order valence-corrected chi connectivity index (χ1v) is 11.1. The number of carbonyl (C=O) groups excluding carboxylic acids is 1. The van der Waals surface area contributed by atoms with Crippen LogP contribution in [-0.4, -0.2) is 29.3 Å². The van der Waals surface area contributed by atoms with Crippen LogP contribution in [0.3, 0.4) is 0 Å². The molecule has 0 saturated heterocycles. The van der Waals surface area contributed by atoms with Gasteiger partial charge in [0.15, 0.2) is 0 Å². The van der Waals surface area contributed by atoms with E-state index in [1.54, 1.807) is 4.68 Å². The molecule has 6 heteroatoms. The quantitative estimate of drug-likeness (QED) is 0.431. The summed E-state index contributed by atoms with van der Waals surface area (Å²) in [6, 6.07) is 27.3. The fraction of sp³-hybridized carbons (Fsp3) is 0.179. The van der Waals surface area contributed by atoms with Crippen molar-refractivity contribution >= 4 is 11.6 Å². The van der Waals surface area contributed by atoms with Crippen molar-refractivity contribution in [2.24, 2.45) is 7.05 Å². The van der Waals surface area contributed by atoms with Crippen LogP contribution in [-0.2, 0) is 24.7 Å². The number of rotatable bonds is 7. The van der Waals surface area contributed by atoms with E-state index < -0.39 is 0 Å². The molecule has 4 rings (SSSR count). The Morgan fingerprint density at radius 3 is 2.24 bits per heavy atom. The van der Waals surface area contributed by atoms with E-state index in [1.165, 1.54) is 5.56 Å². The van der Waals surface area contributed by atoms with Crippen LogP contribution in [0.15, 0.2) is 91.3 Å². The van der Waals surface area contributed by atoms with E-state index in [4.69, 9.17) is 5.26 Å². The van der Waals surface area contributed by atoms with Crippen molar-refractivity contribution in [3.63, 3.8) is 0 Å². The first-order chi connectivity index (χ1) is 16.6. The number of amides is 1. The van der Waals surface area contributed by atoms with Gasteiger partial charge in [0.2, 0.25) is 5.91 Å². The molecular weight excluding hydrogens is 422 g/mol. The number of carbonyl (C=O) groups is 1. The van der Waals surface area contributed by atoms with E-state index in [0.29, 0.717) is 6.42 Å². The van der Waals surface area contributed by atoms with Gasteiger partial charge >= 0.3 is 0 Å². The number of aryl methyl sites for hydroxylation is 1. The molecule has 34 heavy (non-hydrogen) atoms. The lowest BCUT2D eigenvalue weighted by Gasteiger charge is -2.06. The van der Waals surface area contributed by atoms with Crippen LogP contribution in [0, 0.1) is 11.3 Å². The fourth-order valence-corrected chi connectivity index (χ4v) is 3.32. The molecule has 3 aromatic carbocycles. The molecule has 0 radical (unpaired) electrons. The van der Waals surface area contributed by atoms with Gasteiger partial charge in [-0.15, -0.1) is 0 Å². The Balaban J connectivity index is 0.000000229. The minimum Gasteiger partial charge on any atom is -0.326 e. The highest BCUT2D eigenvalue weighted by molar-refractivity contribution is 5.92. The average Bonchev–Trinajstić information content (AvgIpc) is 3.30. The zero-order valence-electron chi connectivity index (χ0n) is 19.5. The van der Waals surface area contributed by atoms with Crippen molar-refractivity contribution in [1.29, 1.82) is 5.26 Å². The Labute approximate surface area is 200 Å². The van der Waals surface area contributed by atoms with Crippen LogP contribution >= 0.6 is 0 Å². The van der Waals surface area contributed by atoms with Crippen molar-refractivity contribution in [1.82, 2.24) is 15.1 Å². The second-order valence-electron chi connectivity index (χ2n) is 7.85. The van der Waals surface area contributed by atoms with Gasteiger partial charge in [0.25, 0.3) is 0 Å². The number of benzene rings is 3. The molecule has 4 aromatic rings. The molecule has 6 nitrogen and oxygen atoms in total. The first kappa shape index (κ1) is 24.4. The maximum absolute atomic E-state index is 12.0. The van der Waals surface area contributed by atoms with Gasteiger partial charge in [-0.2, -0.15) is 10.4 Å². The maximum atomic E-state index is 12.0. The first-order valence-electron chi connectivity index (χ1n) is 11.1. The Hall–Kier alpha value is -4.21. The molecule has 0 unspecified atom stereocenters. The zero-order chi connectivity index (χ0) is 24.2. The molecule has 2 N–H and O–H groups in total. The van der Waals surface area contributed by atoms with E-state index in [1.807, 2.05) is 105 Å². The van der Waals surface area contributed by atoms with Gasteiger partial charge in [-0.1, -0.05) is 54.6 Å². The number of nitrogens with zero attached hydrogens (tertiary/aromatic N) is 3. The highest BCUT2D eigenvalue weighted by atomic mass is 16.1. The zero-order valence-corrected chi connectivity index (χ0v) is 19.5. The van der Waals surface area contributed by atoms with Crippen molar-refractivity contribution in [2.45, 2.75) is 12.8 Å². The third-order valence-corrected chi connectivity index (χ3v) is 5.16. The Morgan fingerprint density at radius 2 is 1.65 bits per heavy atom. The van der Waals surface area contributed by atoms with E-state index in [-0.39, 0.29) is 5.91 Å². The van der Waals surface area contributed by atoms with Crippen molar-refractivity contribution in [2.75, 3.05) is 18.9 Å². The summed E-state index contributed by atoms with van der Waals surface area (Å²) >= 11 is 0. The third-order valence-electron chi connectivity index (χ3n) is 5.16. The van der Waals surface area contributed by atoms with Gasteiger partial charge in [-0.25, -0.2) is 0 Å².